The highest BCUT2D eigenvalue weighted by molar-refractivity contribution is 6.40. The Balaban J connectivity index is 1.88. The fourth-order valence-corrected chi connectivity index (χ4v) is 3.23. The summed E-state index contributed by atoms with van der Waals surface area (Å²) in [4.78, 5) is 12.4. The second-order valence-electron chi connectivity index (χ2n) is 6.06. The predicted molar refractivity (Wildman–Crippen MR) is 81.8 cm³/mol. The zero-order valence-corrected chi connectivity index (χ0v) is 13.1. The molecule has 1 fully saturated rings. The average Bonchev–Trinajstić information content (AvgIpc) is 3.20. The molecule has 4 nitrogen and oxygen atoms in total. The van der Waals surface area contributed by atoms with Gasteiger partial charge in [-0.05, 0) is 24.0 Å². The number of fused-ring (bicyclic) bond motifs is 1. The number of nitrogens with one attached hydrogen (secondary N) is 1. The summed E-state index contributed by atoms with van der Waals surface area (Å²) in [6.07, 6.45) is 0.0580. The summed E-state index contributed by atoms with van der Waals surface area (Å²) in [5.41, 5.74) is 0.492. The van der Waals surface area contributed by atoms with Crippen molar-refractivity contribution < 1.29 is 14.6 Å². The lowest BCUT2D eigenvalue weighted by Gasteiger charge is -2.27. The van der Waals surface area contributed by atoms with Crippen molar-refractivity contribution >= 4 is 34.8 Å². The molecule has 1 aromatic rings. The van der Waals surface area contributed by atoms with Crippen molar-refractivity contribution in [2.24, 2.45) is 5.41 Å². The molecule has 2 unspecified atom stereocenters. The maximum absolute atomic E-state index is 12.4. The van der Waals surface area contributed by atoms with Crippen LogP contribution in [0.5, 0.6) is 0 Å². The summed E-state index contributed by atoms with van der Waals surface area (Å²) in [7, 11) is 0. The number of carbonyl (C=O) groups excluding carboxylic acids is 1. The number of hydrogen-bond donors (Lipinski definition) is 2. The van der Waals surface area contributed by atoms with Gasteiger partial charge in [-0.1, -0.05) is 43.1 Å². The fourth-order valence-electron chi connectivity index (χ4n) is 2.74. The van der Waals surface area contributed by atoms with Crippen molar-refractivity contribution in [2.75, 3.05) is 5.32 Å². The highest BCUT2D eigenvalue weighted by Gasteiger charge is 2.57. The fraction of sp³-hybridized carbons (Fsp3) is 0.400. The van der Waals surface area contributed by atoms with Gasteiger partial charge >= 0.3 is 0 Å². The molecular weight excluding hydrogens is 313 g/mol. The first kappa shape index (κ1) is 14.7. The van der Waals surface area contributed by atoms with Crippen molar-refractivity contribution in [3.63, 3.8) is 0 Å². The van der Waals surface area contributed by atoms with Gasteiger partial charge < -0.3 is 15.2 Å². The minimum Gasteiger partial charge on any atom is -0.509 e. The number of para-hydroxylation sites is 1. The number of anilines is 1. The Hall–Kier alpha value is -1.23. The number of benzene rings is 1. The normalized spacial score (nSPS) is 26.3. The molecule has 0 aromatic heterocycles. The van der Waals surface area contributed by atoms with Crippen LogP contribution in [0.1, 0.15) is 20.3 Å². The summed E-state index contributed by atoms with van der Waals surface area (Å²) < 4.78 is 5.44. The molecule has 0 radical (unpaired) electrons. The predicted octanol–water partition coefficient (Wildman–Crippen LogP) is 3.94. The van der Waals surface area contributed by atoms with Crippen LogP contribution >= 0.6 is 23.2 Å². The van der Waals surface area contributed by atoms with Crippen LogP contribution in [0.4, 0.5) is 5.69 Å². The largest absolute Gasteiger partial charge is 0.509 e. The smallest absolute Gasteiger partial charge is 0.255 e. The number of rotatable bonds is 2. The van der Waals surface area contributed by atoms with Crippen LogP contribution in [0.25, 0.3) is 0 Å². The molecule has 2 aliphatic rings. The number of halogens is 2. The molecule has 1 saturated heterocycles. The van der Waals surface area contributed by atoms with Gasteiger partial charge in [0.15, 0.2) is 0 Å². The minimum atomic E-state index is -0.399. The van der Waals surface area contributed by atoms with Crippen molar-refractivity contribution in [2.45, 2.75) is 32.5 Å². The van der Waals surface area contributed by atoms with Gasteiger partial charge in [0.05, 0.1) is 27.4 Å². The maximum Gasteiger partial charge on any atom is 0.255 e. The Bertz CT molecular complexity index is 634. The third-order valence-electron chi connectivity index (χ3n) is 3.95. The van der Waals surface area contributed by atoms with E-state index >= 15 is 0 Å². The number of aliphatic hydroxyl groups is 1. The number of epoxide rings is 1. The lowest BCUT2D eigenvalue weighted by Crippen LogP contribution is -2.32. The lowest BCUT2D eigenvalue weighted by atomic mass is 9.76. The van der Waals surface area contributed by atoms with Crippen LogP contribution in [-0.2, 0) is 9.53 Å². The molecule has 0 bridgehead atoms. The van der Waals surface area contributed by atoms with Gasteiger partial charge in [-0.3, -0.25) is 4.79 Å². The van der Waals surface area contributed by atoms with Crippen LogP contribution < -0.4 is 5.32 Å². The number of hydrogen-bond acceptors (Lipinski definition) is 3. The van der Waals surface area contributed by atoms with Crippen molar-refractivity contribution in [3.05, 3.63) is 39.6 Å². The zero-order valence-electron chi connectivity index (χ0n) is 11.6. The minimum absolute atomic E-state index is 0.0139. The van der Waals surface area contributed by atoms with E-state index in [1.54, 1.807) is 18.2 Å². The van der Waals surface area contributed by atoms with E-state index in [1.807, 2.05) is 13.8 Å². The summed E-state index contributed by atoms with van der Waals surface area (Å²) in [5.74, 6) is -0.385. The van der Waals surface area contributed by atoms with Gasteiger partial charge in [0, 0.05) is 0 Å². The standard InChI is InChI=1S/C15H15Cl2NO3/c1-15(2)6-7(11(19)12-13(15)21-12)14(20)18-10-8(16)4-3-5-9(10)17/h3-5,12-13,19H,6H2,1-2H3,(H,18,20). The molecule has 3 rings (SSSR count). The molecule has 1 amide bonds. The molecule has 1 heterocycles. The number of carbonyl (C=O) groups is 1. The van der Waals surface area contributed by atoms with Gasteiger partial charge in [0.2, 0.25) is 0 Å². The molecule has 0 saturated carbocycles. The van der Waals surface area contributed by atoms with Crippen LogP contribution in [0.15, 0.2) is 29.5 Å². The molecule has 1 aliphatic heterocycles. The molecule has 2 atom stereocenters. The van der Waals surface area contributed by atoms with Gasteiger partial charge in [0.1, 0.15) is 11.9 Å². The van der Waals surface area contributed by atoms with Crippen LogP contribution in [0.3, 0.4) is 0 Å². The highest BCUT2D eigenvalue weighted by Crippen LogP contribution is 2.50. The third-order valence-corrected chi connectivity index (χ3v) is 4.58. The molecule has 2 N–H and O–H groups in total. The van der Waals surface area contributed by atoms with Crippen LogP contribution in [0.2, 0.25) is 10.0 Å². The van der Waals surface area contributed by atoms with E-state index in [2.05, 4.69) is 5.32 Å². The summed E-state index contributed by atoms with van der Waals surface area (Å²) >= 11 is 12.1. The number of amides is 1. The maximum atomic E-state index is 12.4. The Morgan fingerprint density at radius 3 is 2.62 bits per heavy atom. The van der Waals surface area contributed by atoms with Crippen molar-refractivity contribution in [1.29, 1.82) is 0 Å². The summed E-state index contributed by atoms with van der Waals surface area (Å²) in [6, 6.07) is 4.98. The van der Waals surface area contributed by atoms with E-state index in [-0.39, 0.29) is 23.4 Å². The van der Waals surface area contributed by atoms with Gasteiger partial charge in [-0.15, -0.1) is 0 Å². The first-order chi connectivity index (χ1) is 9.81. The van der Waals surface area contributed by atoms with Crippen LogP contribution in [0, 0.1) is 5.41 Å². The Kier molecular flexibility index (Phi) is 3.43. The van der Waals surface area contributed by atoms with E-state index < -0.39 is 5.91 Å². The van der Waals surface area contributed by atoms with E-state index in [4.69, 9.17) is 27.9 Å². The SMILES string of the molecule is CC1(C)CC(C(=O)Nc2c(Cl)cccc2Cl)=C(O)C2OC21. The second kappa shape index (κ2) is 4.90. The first-order valence-corrected chi connectivity index (χ1v) is 7.39. The average molecular weight is 328 g/mol. The van der Waals surface area contributed by atoms with E-state index in [1.165, 1.54) is 0 Å². The number of ether oxygens (including phenoxy) is 1. The molecule has 6 heteroatoms. The van der Waals surface area contributed by atoms with Gasteiger partial charge in [-0.2, -0.15) is 0 Å². The Morgan fingerprint density at radius 2 is 2.00 bits per heavy atom. The second-order valence-corrected chi connectivity index (χ2v) is 6.87. The van der Waals surface area contributed by atoms with E-state index in [0.717, 1.165) is 0 Å². The van der Waals surface area contributed by atoms with Gasteiger partial charge in [-0.25, -0.2) is 0 Å². The molecule has 1 aliphatic carbocycles. The van der Waals surface area contributed by atoms with E-state index in [0.29, 0.717) is 27.7 Å². The quantitative estimate of drug-likeness (QED) is 0.808. The Morgan fingerprint density at radius 1 is 1.38 bits per heavy atom. The zero-order chi connectivity index (χ0) is 15.4. The summed E-state index contributed by atoms with van der Waals surface area (Å²) in [5, 5.41) is 13.5. The monoisotopic (exact) mass is 327 g/mol. The summed E-state index contributed by atoms with van der Waals surface area (Å²) in [6.45, 7) is 4.03. The molecular formula is C15H15Cl2NO3. The Labute approximate surface area is 132 Å². The highest BCUT2D eigenvalue weighted by atomic mass is 35.5. The van der Waals surface area contributed by atoms with Crippen molar-refractivity contribution in [3.8, 4) is 0 Å². The van der Waals surface area contributed by atoms with E-state index in [9.17, 15) is 9.90 Å². The molecule has 112 valence electrons. The topological polar surface area (TPSA) is 61.9 Å². The first-order valence-electron chi connectivity index (χ1n) is 6.64. The molecule has 0 spiro atoms. The van der Waals surface area contributed by atoms with Gasteiger partial charge in [0.25, 0.3) is 5.91 Å². The third kappa shape index (κ3) is 2.52. The van der Waals surface area contributed by atoms with Crippen molar-refractivity contribution in [1.82, 2.24) is 0 Å². The molecule has 21 heavy (non-hydrogen) atoms. The van der Waals surface area contributed by atoms with Crippen LogP contribution in [-0.4, -0.2) is 23.2 Å². The molecule has 1 aromatic carbocycles. The lowest BCUT2D eigenvalue weighted by molar-refractivity contribution is -0.113. The number of aliphatic hydroxyl groups excluding tert-OH is 1.